The number of nitrogens with one attached hydrogen (secondary N) is 1. The molecule has 2 aromatic heterocycles. The summed E-state index contributed by atoms with van der Waals surface area (Å²) in [6.45, 7) is 6.11. The van der Waals surface area contributed by atoms with Crippen LogP contribution in [0.1, 0.15) is 36.2 Å². The number of rotatable bonds is 5. The van der Waals surface area contributed by atoms with Crippen LogP contribution in [-0.4, -0.2) is 25.2 Å². The first-order valence-electron chi connectivity index (χ1n) is 8.61. The van der Waals surface area contributed by atoms with Crippen molar-refractivity contribution in [2.45, 2.75) is 39.8 Å². The fourth-order valence-corrected chi connectivity index (χ4v) is 3.05. The highest BCUT2D eigenvalue weighted by atomic mass is 16.2. The first kappa shape index (κ1) is 17.8. The number of carbonyl (C=O) groups excluding carboxylic acids is 1. The molecule has 7 nitrogen and oxygen atoms in total. The van der Waals surface area contributed by atoms with Gasteiger partial charge in [0.15, 0.2) is 0 Å². The predicted molar refractivity (Wildman–Crippen MR) is 99.9 cm³/mol. The van der Waals surface area contributed by atoms with Gasteiger partial charge in [-0.05, 0) is 32.4 Å². The number of hydrogen-bond acceptors (Lipinski definition) is 4. The summed E-state index contributed by atoms with van der Waals surface area (Å²) in [4.78, 5) is 29.2. The molecular formula is C19H23N5O2. The number of aromatic nitrogens is 4. The summed E-state index contributed by atoms with van der Waals surface area (Å²) in [6, 6.07) is 5.40. The fraction of sp³-hybridized carbons (Fsp3) is 0.368. The van der Waals surface area contributed by atoms with Gasteiger partial charge in [-0.25, -0.2) is 4.98 Å². The largest absolute Gasteiger partial charge is 0.349 e. The van der Waals surface area contributed by atoms with Crippen molar-refractivity contribution in [2.24, 2.45) is 7.05 Å². The molecule has 1 aromatic carbocycles. The molecule has 3 aromatic rings. The normalized spacial score (nSPS) is 12.3. The van der Waals surface area contributed by atoms with E-state index in [1.54, 1.807) is 16.9 Å². The molecule has 0 saturated carbocycles. The molecule has 1 atom stereocenters. The molecule has 2 heterocycles. The lowest BCUT2D eigenvalue weighted by molar-refractivity contribution is -0.121. The number of amides is 1. The van der Waals surface area contributed by atoms with Crippen LogP contribution in [-0.2, 0) is 18.4 Å². The van der Waals surface area contributed by atoms with Crippen LogP contribution in [0.15, 0.2) is 35.5 Å². The van der Waals surface area contributed by atoms with Crippen molar-refractivity contribution in [1.29, 1.82) is 0 Å². The van der Waals surface area contributed by atoms with Crippen molar-refractivity contribution in [3.05, 3.63) is 57.9 Å². The third-order valence-corrected chi connectivity index (χ3v) is 4.75. The zero-order chi connectivity index (χ0) is 18.8. The summed E-state index contributed by atoms with van der Waals surface area (Å²) in [5.41, 5.74) is 3.55. The van der Waals surface area contributed by atoms with E-state index in [2.05, 4.69) is 15.4 Å². The van der Waals surface area contributed by atoms with Gasteiger partial charge in [-0.1, -0.05) is 12.1 Å². The molecule has 1 N–H and O–H groups in total. The van der Waals surface area contributed by atoms with Crippen molar-refractivity contribution in [1.82, 2.24) is 24.6 Å². The summed E-state index contributed by atoms with van der Waals surface area (Å²) >= 11 is 0. The zero-order valence-corrected chi connectivity index (χ0v) is 15.5. The van der Waals surface area contributed by atoms with E-state index >= 15 is 0 Å². The van der Waals surface area contributed by atoms with E-state index in [1.807, 2.05) is 40.0 Å². The maximum atomic E-state index is 12.6. The molecule has 1 amide bonds. The maximum Gasteiger partial charge on any atom is 0.261 e. The second-order valence-electron chi connectivity index (χ2n) is 6.56. The van der Waals surface area contributed by atoms with Crippen LogP contribution in [0.25, 0.3) is 10.9 Å². The Morgan fingerprint density at radius 1 is 1.31 bits per heavy atom. The van der Waals surface area contributed by atoms with Gasteiger partial charge in [-0.3, -0.25) is 18.8 Å². The summed E-state index contributed by atoms with van der Waals surface area (Å²) in [6.07, 6.45) is 3.49. The third-order valence-electron chi connectivity index (χ3n) is 4.75. The average molecular weight is 353 g/mol. The van der Waals surface area contributed by atoms with Crippen molar-refractivity contribution in [3.8, 4) is 0 Å². The SMILES string of the molecule is Cc1cccc2c(=O)n(CCC(=O)NC(C)c3cnn(C)c3C)cnc12. The molecule has 136 valence electrons. The van der Waals surface area contributed by atoms with Crippen molar-refractivity contribution in [2.75, 3.05) is 0 Å². The number of carbonyl (C=O) groups is 1. The Bertz CT molecular complexity index is 1020. The van der Waals surface area contributed by atoms with E-state index in [-0.39, 0.29) is 23.9 Å². The number of aryl methyl sites for hydroxylation is 3. The van der Waals surface area contributed by atoms with Crippen LogP contribution in [0.3, 0.4) is 0 Å². The van der Waals surface area contributed by atoms with Crippen molar-refractivity contribution < 1.29 is 4.79 Å². The number of para-hydroxylation sites is 1. The van der Waals surface area contributed by atoms with Gasteiger partial charge in [0.1, 0.15) is 0 Å². The van der Waals surface area contributed by atoms with Gasteiger partial charge in [-0.15, -0.1) is 0 Å². The fourth-order valence-electron chi connectivity index (χ4n) is 3.05. The van der Waals surface area contributed by atoms with Crippen LogP contribution in [0.2, 0.25) is 0 Å². The van der Waals surface area contributed by atoms with Crippen LogP contribution in [0.5, 0.6) is 0 Å². The lowest BCUT2D eigenvalue weighted by Crippen LogP contribution is -2.29. The molecule has 3 rings (SSSR count). The highest BCUT2D eigenvalue weighted by Crippen LogP contribution is 2.16. The Labute approximate surface area is 151 Å². The van der Waals surface area contributed by atoms with Gasteiger partial charge in [0.05, 0.1) is 29.5 Å². The van der Waals surface area contributed by atoms with Gasteiger partial charge >= 0.3 is 0 Å². The van der Waals surface area contributed by atoms with E-state index < -0.39 is 0 Å². The van der Waals surface area contributed by atoms with E-state index in [9.17, 15) is 9.59 Å². The minimum atomic E-state index is -0.134. The van der Waals surface area contributed by atoms with Gasteiger partial charge in [0, 0.05) is 31.3 Å². The third kappa shape index (κ3) is 3.37. The van der Waals surface area contributed by atoms with Crippen molar-refractivity contribution >= 4 is 16.8 Å². The topological polar surface area (TPSA) is 81.8 Å². The molecule has 0 bridgehead atoms. The molecule has 26 heavy (non-hydrogen) atoms. The molecule has 0 radical (unpaired) electrons. The maximum absolute atomic E-state index is 12.6. The Kier molecular flexibility index (Phi) is 4.88. The summed E-state index contributed by atoms with van der Waals surface area (Å²) in [5, 5.41) is 7.73. The standard InChI is InChI=1S/C19H23N5O2/c1-12-6-5-7-15-18(12)20-11-24(19(15)26)9-8-17(25)22-13(2)16-10-21-23(4)14(16)3/h5-7,10-11,13H,8-9H2,1-4H3,(H,22,25). The Hall–Kier alpha value is -2.96. The number of hydrogen-bond donors (Lipinski definition) is 1. The molecule has 7 heteroatoms. The van der Waals surface area contributed by atoms with E-state index in [4.69, 9.17) is 0 Å². The van der Waals surface area contributed by atoms with Gasteiger partial charge in [0.25, 0.3) is 5.56 Å². The first-order valence-corrected chi connectivity index (χ1v) is 8.61. The highest BCUT2D eigenvalue weighted by molar-refractivity contribution is 5.80. The predicted octanol–water partition coefficient (Wildman–Crippen LogP) is 2.01. The van der Waals surface area contributed by atoms with Gasteiger partial charge < -0.3 is 5.32 Å². The molecule has 0 spiro atoms. The molecular weight excluding hydrogens is 330 g/mol. The molecule has 0 fully saturated rings. The number of nitrogens with zero attached hydrogens (tertiary/aromatic N) is 4. The smallest absolute Gasteiger partial charge is 0.261 e. The average Bonchev–Trinajstić information content (AvgIpc) is 2.94. The summed E-state index contributed by atoms with van der Waals surface area (Å²) < 4.78 is 3.27. The van der Waals surface area contributed by atoms with Crippen LogP contribution >= 0.6 is 0 Å². The van der Waals surface area contributed by atoms with Crippen LogP contribution in [0.4, 0.5) is 0 Å². The number of fused-ring (bicyclic) bond motifs is 1. The Balaban J connectivity index is 1.68. The molecule has 0 aliphatic carbocycles. The van der Waals surface area contributed by atoms with Gasteiger partial charge in [0.2, 0.25) is 5.91 Å². The van der Waals surface area contributed by atoms with E-state index in [1.165, 1.54) is 10.9 Å². The van der Waals surface area contributed by atoms with E-state index in [0.29, 0.717) is 17.4 Å². The molecule has 0 aliphatic heterocycles. The molecule has 0 saturated heterocycles. The summed E-state index contributed by atoms with van der Waals surface area (Å²) in [7, 11) is 1.87. The Morgan fingerprint density at radius 3 is 2.77 bits per heavy atom. The minimum Gasteiger partial charge on any atom is -0.349 e. The highest BCUT2D eigenvalue weighted by Gasteiger charge is 2.15. The zero-order valence-electron chi connectivity index (χ0n) is 15.5. The quantitative estimate of drug-likeness (QED) is 0.761. The minimum absolute atomic E-state index is 0.114. The van der Waals surface area contributed by atoms with E-state index in [0.717, 1.165) is 16.8 Å². The number of benzene rings is 1. The monoisotopic (exact) mass is 353 g/mol. The van der Waals surface area contributed by atoms with Gasteiger partial charge in [-0.2, -0.15) is 5.10 Å². The van der Waals surface area contributed by atoms with Crippen molar-refractivity contribution in [3.63, 3.8) is 0 Å². The van der Waals surface area contributed by atoms with Crippen LogP contribution < -0.4 is 10.9 Å². The summed E-state index contributed by atoms with van der Waals surface area (Å²) in [5.74, 6) is -0.114. The van der Waals surface area contributed by atoms with Crippen LogP contribution in [0, 0.1) is 13.8 Å². The second-order valence-corrected chi connectivity index (χ2v) is 6.56. The Morgan fingerprint density at radius 2 is 2.08 bits per heavy atom. The second kappa shape index (κ2) is 7.11. The molecule has 1 unspecified atom stereocenters. The molecule has 0 aliphatic rings. The first-order chi connectivity index (χ1) is 12.4. The lowest BCUT2D eigenvalue weighted by atomic mass is 10.1. The lowest BCUT2D eigenvalue weighted by Gasteiger charge is -2.14.